The maximum absolute atomic E-state index is 13.9. The lowest BCUT2D eigenvalue weighted by atomic mass is 10.0. The molecule has 1 aromatic heterocycles. The molecule has 0 bridgehead atoms. The van der Waals surface area contributed by atoms with Gasteiger partial charge in [-0.3, -0.25) is 19.2 Å². The number of fused-ring (bicyclic) bond motifs is 1. The molecule has 0 aliphatic carbocycles. The summed E-state index contributed by atoms with van der Waals surface area (Å²) < 4.78 is 7.04. The van der Waals surface area contributed by atoms with Gasteiger partial charge in [-0.1, -0.05) is 30.3 Å². The minimum Gasteiger partial charge on any atom is -0.497 e. The van der Waals surface area contributed by atoms with E-state index in [0.717, 1.165) is 47.6 Å². The first-order valence-electron chi connectivity index (χ1n) is 14.2. The van der Waals surface area contributed by atoms with Crippen molar-refractivity contribution in [3.63, 3.8) is 0 Å². The predicted molar refractivity (Wildman–Crippen MR) is 156 cm³/mol. The van der Waals surface area contributed by atoms with Crippen LogP contribution < -0.4 is 9.64 Å². The molecule has 1 aliphatic heterocycles. The number of methoxy groups -OCH3 is 1. The number of para-hydroxylation sites is 1. The van der Waals surface area contributed by atoms with E-state index in [4.69, 9.17) is 4.74 Å². The zero-order chi connectivity index (χ0) is 28.5. The summed E-state index contributed by atoms with van der Waals surface area (Å²) in [5, 5.41) is 4.15. The first kappa shape index (κ1) is 29.3. The smallest absolute Gasteiger partial charge is 0.231 e. The molecule has 0 radical (unpaired) electrons. The number of aromatic nitrogens is 3. The molecular weight excluding hydrogens is 504 g/mol. The standard InChI is InChI=1S/C31H42N6O3/c1-24(2)34-15-7-17-37(30(39)20-26-11-13-28(40-4)14-12-26)31-25(3)8-5-9-27(31)21-35(19-18-34)29(38)10-6-16-36-23-32-22-33-36/h5,8-9,11-14,22-24H,6-7,10,15-21H2,1-4H3. The summed E-state index contributed by atoms with van der Waals surface area (Å²) in [6.07, 6.45) is 5.47. The first-order chi connectivity index (χ1) is 19.4. The molecule has 3 aromatic rings. The molecular formula is C31H42N6O3. The molecule has 0 spiro atoms. The Labute approximate surface area is 237 Å². The van der Waals surface area contributed by atoms with Crippen LogP contribution in [-0.4, -0.2) is 75.7 Å². The lowest BCUT2D eigenvalue weighted by Gasteiger charge is -2.30. The molecule has 0 atom stereocenters. The van der Waals surface area contributed by atoms with Crippen LogP contribution in [0.15, 0.2) is 55.1 Å². The average Bonchev–Trinajstić information content (AvgIpc) is 3.45. The maximum atomic E-state index is 13.9. The van der Waals surface area contributed by atoms with Gasteiger partial charge in [0.15, 0.2) is 0 Å². The number of ether oxygens (including phenoxy) is 1. The molecule has 1 aliphatic rings. The quantitative estimate of drug-likeness (QED) is 0.423. The Morgan fingerprint density at radius 2 is 1.80 bits per heavy atom. The van der Waals surface area contributed by atoms with Crippen LogP contribution in [0.5, 0.6) is 5.75 Å². The summed E-state index contributed by atoms with van der Waals surface area (Å²) in [7, 11) is 1.64. The van der Waals surface area contributed by atoms with Gasteiger partial charge in [0.05, 0.1) is 19.2 Å². The fourth-order valence-electron chi connectivity index (χ4n) is 5.31. The van der Waals surface area contributed by atoms with Crippen LogP contribution in [0.4, 0.5) is 5.69 Å². The van der Waals surface area contributed by atoms with Gasteiger partial charge in [0, 0.05) is 51.7 Å². The van der Waals surface area contributed by atoms with E-state index in [1.54, 1.807) is 18.1 Å². The van der Waals surface area contributed by atoms with E-state index in [-0.39, 0.29) is 11.8 Å². The van der Waals surface area contributed by atoms with Crippen molar-refractivity contribution < 1.29 is 14.3 Å². The van der Waals surface area contributed by atoms with Gasteiger partial charge >= 0.3 is 0 Å². The minimum absolute atomic E-state index is 0.0572. The molecule has 4 rings (SSSR count). The normalized spacial score (nSPS) is 15.0. The van der Waals surface area contributed by atoms with E-state index in [1.807, 2.05) is 40.1 Å². The van der Waals surface area contributed by atoms with Gasteiger partial charge in [-0.25, -0.2) is 4.98 Å². The highest BCUT2D eigenvalue weighted by molar-refractivity contribution is 5.96. The first-order valence-corrected chi connectivity index (χ1v) is 14.2. The summed E-state index contributed by atoms with van der Waals surface area (Å²) in [5.74, 6) is 0.945. The second-order valence-electron chi connectivity index (χ2n) is 10.7. The van der Waals surface area contributed by atoms with E-state index in [1.165, 1.54) is 6.33 Å². The summed E-state index contributed by atoms with van der Waals surface area (Å²) in [6, 6.07) is 14.2. The van der Waals surface area contributed by atoms with Crippen LogP contribution in [-0.2, 0) is 29.1 Å². The van der Waals surface area contributed by atoms with Crippen LogP contribution in [0.2, 0.25) is 0 Å². The van der Waals surface area contributed by atoms with Crippen LogP contribution in [0.3, 0.4) is 0 Å². The predicted octanol–water partition coefficient (Wildman–Crippen LogP) is 4.09. The van der Waals surface area contributed by atoms with Crippen LogP contribution in [0.1, 0.15) is 49.8 Å². The van der Waals surface area contributed by atoms with Gasteiger partial charge in [0.1, 0.15) is 18.4 Å². The van der Waals surface area contributed by atoms with Crippen molar-refractivity contribution in [2.75, 3.05) is 38.2 Å². The summed E-state index contributed by atoms with van der Waals surface area (Å²) in [6.45, 7) is 10.5. The van der Waals surface area contributed by atoms with Crippen molar-refractivity contribution >= 4 is 17.5 Å². The largest absolute Gasteiger partial charge is 0.497 e. The van der Waals surface area contributed by atoms with Crippen molar-refractivity contribution in [3.05, 3.63) is 71.8 Å². The Balaban J connectivity index is 1.60. The van der Waals surface area contributed by atoms with E-state index < -0.39 is 0 Å². The van der Waals surface area contributed by atoms with Gasteiger partial charge in [-0.2, -0.15) is 5.10 Å². The number of nitrogens with zero attached hydrogens (tertiary/aromatic N) is 6. The van der Waals surface area contributed by atoms with Crippen molar-refractivity contribution in [2.24, 2.45) is 0 Å². The monoisotopic (exact) mass is 546 g/mol. The third kappa shape index (κ3) is 7.69. The second kappa shape index (κ2) is 14.1. The van der Waals surface area contributed by atoms with Crippen molar-refractivity contribution in [1.82, 2.24) is 24.6 Å². The summed E-state index contributed by atoms with van der Waals surface area (Å²) in [5.41, 5.74) is 3.92. The van der Waals surface area contributed by atoms with Gasteiger partial charge in [-0.05, 0) is 62.4 Å². The number of carbonyl (C=O) groups is 2. The number of hydrogen-bond donors (Lipinski definition) is 0. The third-order valence-electron chi connectivity index (χ3n) is 7.58. The maximum Gasteiger partial charge on any atom is 0.231 e. The highest BCUT2D eigenvalue weighted by Gasteiger charge is 2.25. The summed E-state index contributed by atoms with van der Waals surface area (Å²) in [4.78, 5) is 37.7. The lowest BCUT2D eigenvalue weighted by molar-refractivity contribution is -0.132. The minimum atomic E-state index is 0.0572. The van der Waals surface area contributed by atoms with Crippen molar-refractivity contribution in [2.45, 2.75) is 65.6 Å². The number of aryl methyl sites for hydroxylation is 2. The molecule has 2 amide bonds. The number of amides is 2. The van der Waals surface area contributed by atoms with Gasteiger partial charge in [0.2, 0.25) is 11.8 Å². The molecule has 40 heavy (non-hydrogen) atoms. The number of benzene rings is 2. The molecule has 0 fully saturated rings. The lowest BCUT2D eigenvalue weighted by Crippen LogP contribution is -2.41. The van der Waals surface area contributed by atoms with Crippen LogP contribution in [0, 0.1) is 6.92 Å². The van der Waals surface area contributed by atoms with Gasteiger partial charge < -0.3 is 14.5 Å². The molecule has 9 heteroatoms. The second-order valence-corrected chi connectivity index (χ2v) is 10.7. The zero-order valence-electron chi connectivity index (χ0n) is 24.3. The molecule has 214 valence electrons. The highest BCUT2D eigenvalue weighted by Crippen LogP contribution is 2.29. The van der Waals surface area contributed by atoms with E-state index in [2.05, 4.69) is 47.9 Å². The van der Waals surface area contributed by atoms with E-state index in [9.17, 15) is 9.59 Å². The number of hydrogen-bond acceptors (Lipinski definition) is 6. The Kier molecular flexibility index (Phi) is 10.3. The van der Waals surface area contributed by atoms with Gasteiger partial charge in [0.25, 0.3) is 0 Å². The topological polar surface area (TPSA) is 83.8 Å². The Hall–Kier alpha value is -3.72. The molecule has 0 saturated carbocycles. The highest BCUT2D eigenvalue weighted by atomic mass is 16.5. The van der Waals surface area contributed by atoms with Crippen molar-refractivity contribution in [1.29, 1.82) is 0 Å². The number of carbonyl (C=O) groups excluding carboxylic acids is 2. The Morgan fingerprint density at radius 3 is 2.50 bits per heavy atom. The Bertz CT molecular complexity index is 1240. The summed E-state index contributed by atoms with van der Waals surface area (Å²) >= 11 is 0. The molecule has 2 aromatic carbocycles. The molecule has 0 saturated heterocycles. The molecule has 9 nitrogen and oxygen atoms in total. The molecule has 2 heterocycles. The SMILES string of the molecule is COc1ccc(CC(=O)N2CCCN(C(C)C)CCN(C(=O)CCCn3cncn3)Cc3cccc(C)c32)cc1. The van der Waals surface area contributed by atoms with Crippen LogP contribution in [0.25, 0.3) is 0 Å². The molecule has 0 N–H and O–H groups in total. The van der Waals surface area contributed by atoms with Crippen molar-refractivity contribution in [3.8, 4) is 5.75 Å². The van der Waals surface area contributed by atoms with Crippen LogP contribution >= 0.6 is 0 Å². The third-order valence-corrected chi connectivity index (χ3v) is 7.58. The zero-order valence-corrected chi connectivity index (χ0v) is 24.3. The Morgan fingerprint density at radius 1 is 1.00 bits per heavy atom. The van der Waals surface area contributed by atoms with E-state index >= 15 is 0 Å². The average molecular weight is 547 g/mol. The molecule has 0 unspecified atom stereocenters. The number of anilines is 1. The number of rotatable bonds is 8. The van der Waals surface area contributed by atoms with E-state index in [0.29, 0.717) is 51.5 Å². The fourth-order valence-corrected chi connectivity index (χ4v) is 5.31. The fraction of sp³-hybridized carbons (Fsp3) is 0.484. The van der Waals surface area contributed by atoms with Gasteiger partial charge in [-0.15, -0.1) is 0 Å².